The van der Waals surface area contributed by atoms with E-state index in [1.165, 1.54) is 0 Å². The molecule has 1 aliphatic rings. The third-order valence-electron chi connectivity index (χ3n) is 4.74. The van der Waals surface area contributed by atoms with E-state index in [1.807, 2.05) is 24.3 Å². The van der Waals surface area contributed by atoms with E-state index < -0.39 is 21.3 Å². The SMILES string of the molecule is COc1cccc(-c2cc(CNC3(C(=O)NO)CCS(=O)(=O)CC3)no2)c1. The Balaban J connectivity index is 1.73. The van der Waals surface area contributed by atoms with Crippen molar-refractivity contribution < 1.29 is 27.7 Å². The predicted octanol–water partition coefficient (Wildman–Crippen LogP) is 0.893. The van der Waals surface area contributed by atoms with Gasteiger partial charge in [0.15, 0.2) is 5.76 Å². The summed E-state index contributed by atoms with van der Waals surface area (Å²) in [5.41, 5.74) is 1.80. The first-order chi connectivity index (χ1) is 12.9. The maximum atomic E-state index is 12.1. The van der Waals surface area contributed by atoms with Crippen molar-refractivity contribution in [2.45, 2.75) is 24.9 Å². The van der Waals surface area contributed by atoms with Crippen molar-refractivity contribution in [1.29, 1.82) is 0 Å². The Labute approximate surface area is 156 Å². The molecule has 3 N–H and O–H groups in total. The van der Waals surface area contributed by atoms with Crippen LogP contribution in [0.25, 0.3) is 11.3 Å². The molecule has 10 heteroatoms. The number of hydroxylamine groups is 1. The van der Waals surface area contributed by atoms with Crippen molar-refractivity contribution in [2.24, 2.45) is 0 Å². The summed E-state index contributed by atoms with van der Waals surface area (Å²) in [5.74, 6) is 0.319. The molecule has 2 aromatic rings. The van der Waals surface area contributed by atoms with Gasteiger partial charge < -0.3 is 9.26 Å². The third kappa shape index (κ3) is 4.29. The third-order valence-corrected chi connectivity index (χ3v) is 6.39. The van der Waals surface area contributed by atoms with Crippen LogP contribution in [-0.4, -0.2) is 48.8 Å². The zero-order chi connectivity index (χ0) is 19.5. The van der Waals surface area contributed by atoms with Crippen LogP contribution in [0.2, 0.25) is 0 Å². The molecule has 0 saturated carbocycles. The van der Waals surface area contributed by atoms with E-state index in [4.69, 9.17) is 14.5 Å². The van der Waals surface area contributed by atoms with Gasteiger partial charge in [-0.05, 0) is 25.0 Å². The van der Waals surface area contributed by atoms with Crippen LogP contribution in [0.4, 0.5) is 0 Å². The Kier molecular flexibility index (Phi) is 5.49. The number of carbonyl (C=O) groups excluding carboxylic acids is 1. The van der Waals surface area contributed by atoms with Gasteiger partial charge in [0.05, 0.1) is 24.3 Å². The van der Waals surface area contributed by atoms with Crippen LogP contribution < -0.4 is 15.5 Å². The molecule has 0 bridgehead atoms. The highest BCUT2D eigenvalue weighted by atomic mass is 32.2. The average molecular weight is 395 g/mol. The van der Waals surface area contributed by atoms with Gasteiger partial charge in [0.1, 0.15) is 21.1 Å². The number of sulfone groups is 1. The summed E-state index contributed by atoms with van der Waals surface area (Å²) in [4.78, 5) is 12.1. The summed E-state index contributed by atoms with van der Waals surface area (Å²) in [6, 6.07) is 9.04. The van der Waals surface area contributed by atoms with Gasteiger partial charge in [-0.15, -0.1) is 0 Å². The fourth-order valence-electron chi connectivity index (χ4n) is 3.04. The van der Waals surface area contributed by atoms with Crippen LogP contribution in [0, 0.1) is 0 Å². The molecule has 9 nitrogen and oxygen atoms in total. The van der Waals surface area contributed by atoms with Gasteiger partial charge in [-0.25, -0.2) is 13.9 Å². The van der Waals surface area contributed by atoms with Crippen LogP contribution in [0.1, 0.15) is 18.5 Å². The quantitative estimate of drug-likeness (QED) is 0.486. The second-order valence-corrected chi connectivity index (χ2v) is 8.75. The van der Waals surface area contributed by atoms with Crippen molar-refractivity contribution in [3.63, 3.8) is 0 Å². The number of hydrogen-bond acceptors (Lipinski definition) is 8. The molecule has 0 spiro atoms. The van der Waals surface area contributed by atoms with Gasteiger partial charge in [0, 0.05) is 18.2 Å². The summed E-state index contributed by atoms with van der Waals surface area (Å²) in [6.45, 7) is 0.181. The number of hydrogen-bond donors (Lipinski definition) is 3. The second-order valence-electron chi connectivity index (χ2n) is 6.44. The minimum atomic E-state index is -3.16. The standard InChI is InChI=1S/C17H21N3O6S/c1-25-14-4-2-3-12(9-14)15-10-13(20-26-15)11-18-17(16(21)19-22)5-7-27(23,24)8-6-17/h2-4,9-10,18,22H,5-8,11H2,1H3,(H,19,21). The predicted molar refractivity (Wildman–Crippen MR) is 95.9 cm³/mol. The first-order valence-corrected chi connectivity index (χ1v) is 10.2. The zero-order valence-electron chi connectivity index (χ0n) is 14.8. The van der Waals surface area contributed by atoms with Crippen molar-refractivity contribution >= 4 is 15.7 Å². The molecule has 1 aromatic heterocycles. The fourth-order valence-corrected chi connectivity index (χ4v) is 4.57. The van der Waals surface area contributed by atoms with E-state index in [2.05, 4.69) is 10.5 Å². The smallest absolute Gasteiger partial charge is 0.263 e. The number of methoxy groups -OCH3 is 1. The van der Waals surface area contributed by atoms with E-state index in [0.717, 1.165) is 5.56 Å². The number of carbonyl (C=O) groups is 1. The highest BCUT2D eigenvalue weighted by molar-refractivity contribution is 7.91. The zero-order valence-corrected chi connectivity index (χ0v) is 15.6. The number of aromatic nitrogens is 1. The molecule has 0 atom stereocenters. The molecule has 1 amide bonds. The van der Waals surface area contributed by atoms with Gasteiger partial charge in [0.25, 0.3) is 5.91 Å². The van der Waals surface area contributed by atoms with Gasteiger partial charge in [-0.1, -0.05) is 17.3 Å². The molecule has 146 valence electrons. The maximum Gasteiger partial charge on any atom is 0.263 e. The molecule has 27 heavy (non-hydrogen) atoms. The Bertz CT molecular complexity index is 910. The van der Waals surface area contributed by atoms with E-state index in [9.17, 15) is 13.2 Å². The molecular weight excluding hydrogens is 374 g/mol. The first-order valence-electron chi connectivity index (χ1n) is 8.37. The van der Waals surface area contributed by atoms with Gasteiger partial charge in [0.2, 0.25) is 0 Å². The monoisotopic (exact) mass is 395 g/mol. The normalized spacial score (nSPS) is 18.0. The van der Waals surface area contributed by atoms with Crippen molar-refractivity contribution in [3.8, 4) is 17.1 Å². The Morgan fingerprint density at radius 1 is 1.33 bits per heavy atom. The van der Waals surface area contributed by atoms with Gasteiger partial charge in [-0.2, -0.15) is 0 Å². The van der Waals surface area contributed by atoms with E-state index in [0.29, 0.717) is 17.2 Å². The lowest BCUT2D eigenvalue weighted by Crippen LogP contribution is -2.59. The van der Waals surface area contributed by atoms with Gasteiger partial charge >= 0.3 is 0 Å². The lowest BCUT2D eigenvalue weighted by molar-refractivity contribution is -0.136. The molecule has 1 saturated heterocycles. The Morgan fingerprint density at radius 2 is 2.07 bits per heavy atom. The van der Waals surface area contributed by atoms with E-state index in [-0.39, 0.29) is 30.9 Å². The van der Waals surface area contributed by atoms with Crippen LogP contribution in [0.15, 0.2) is 34.9 Å². The van der Waals surface area contributed by atoms with Crippen LogP contribution in [0.5, 0.6) is 5.75 Å². The Hall–Kier alpha value is -2.43. The van der Waals surface area contributed by atoms with Crippen molar-refractivity contribution in [2.75, 3.05) is 18.6 Å². The number of amides is 1. The average Bonchev–Trinajstić information content (AvgIpc) is 3.16. The molecule has 1 aliphatic heterocycles. The maximum absolute atomic E-state index is 12.1. The second kappa shape index (κ2) is 7.67. The lowest BCUT2D eigenvalue weighted by atomic mass is 9.91. The number of benzene rings is 1. The first kappa shape index (κ1) is 19.3. The summed E-state index contributed by atoms with van der Waals surface area (Å²) < 4.78 is 33.9. The van der Waals surface area contributed by atoms with E-state index >= 15 is 0 Å². The van der Waals surface area contributed by atoms with E-state index in [1.54, 1.807) is 18.7 Å². The minimum Gasteiger partial charge on any atom is -0.497 e. The number of nitrogens with one attached hydrogen (secondary N) is 2. The molecule has 2 heterocycles. The summed E-state index contributed by atoms with van der Waals surface area (Å²) in [6.07, 6.45) is 0.143. The topological polar surface area (TPSA) is 131 Å². The molecule has 3 rings (SSSR count). The molecule has 1 aromatic carbocycles. The van der Waals surface area contributed by atoms with Crippen LogP contribution in [0.3, 0.4) is 0 Å². The number of ether oxygens (including phenoxy) is 1. The molecule has 0 aliphatic carbocycles. The minimum absolute atomic E-state index is 0.0717. The molecular formula is C17H21N3O6S. The number of nitrogens with zero attached hydrogens (tertiary/aromatic N) is 1. The van der Waals surface area contributed by atoms with Crippen LogP contribution >= 0.6 is 0 Å². The molecule has 0 unspecified atom stereocenters. The summed E-state index contributed by atoms with van der Waals surface area (Å²) in [5, 5.41) is 16.1. The highest BCUT2D eigenvalue weighted by Crippen LogP contribution is 2.27. The number of rotatable bonds is 6. The molecule has 0 radical (unpaired) electrons. The van der Waals surface area contributed by atoms with Crippen molar-refractivity contribution in [1.82, 2.24) is 16.0 Å². The highest BCUT2D eigenvalue weighted by Gasteiger charge is 2.43. The van der Waals surface area contributed by atoms with Crippen LogP contribution in [-0.2, 0) is 21.2 Å². The summed E-state index contributed by atoms with van der Waals surface area (Å²) in [7, 11) is -1.59. The fraction of sp³-hybridized carbons (Fsp3) is 0.412. The lowest BCUT2D eigenvalue weighted by Gasteiger charge is -2.35. The summed E-state index contributed by atoms with van der Waals surface area (Å²) >= 11 is 0. The van der Waals surface area contributed by atoms with Gasteiger partial charge in [-0.3, -0.25) is 15.3 Å². The molecule has 1 fully saturated rings. The largest absolute Gasteiger partial charge is 0.497 e. The Morgan fingerprint density at radius 3 is 2.74 bits per heavy atom. The van der Waals surface area contributed by atoms with Crippen molar-refractivity contribution in [3.05, 3.63) is 36.0 Å².